The molecule has 0 saturated carbocycles. The van der Waals surface area contributed by atoms with Crippen LogP contribution in [0.3, 0.4) is 0 Å². The molecule has 2 aromatic rings. The van der Waals surface area contributed by atoms with E-state index in [1.807, 2.05) is 57.2 Å². The van der Waals surface area contributed by atoms with Crippen molar-refractivity contribution < 1.29 is 13.2 Å². The topological polar surface area (TPSA) is 66.5 Å². The zero-order chi connectivity index (χ0) is 20.7. The Labute approximate surface area is 168 Å². The molecule has 0 aliphatic heterocycles. The molecular formula is C22H30N2O3S. The number of carbonyl (C=O) groups is 1. The third kappa shape index (κ3) is 5.91. The number of nitrogens with zero attached hydrogens (tertiary/aromatic N) is 1. The van der Waals surface area contributed by atoms with Crippen molar-refractivity contribution in [3.05, 3.63) is 65.2 Å². The first-order valence-electron chi connectivity index (χ1n) is 9.64. The predicted molar refractivity (Wildman–Crippen MR) is 113 cm³/mol. The van der Waals surface area contributed by atoms with E-state index >= 15 is 0 Å². The molecule has 2 aromatic carbocycles. The summed E-state index contributed by atoms with van der Waals surface area (Å²) < 4.78 is 28.0. The number of amides is 1. The van der Waals surface area contributed by atoms with Crippen LogP contribution in [-0.2, 0) is 21.2 Å². The SMILES string of the molecule is CC[C@@H](C)NC(=O)CN(CCc1ccccc1)S(=O)(=O)c1cc(C)ccc1C. The summed E-state index contributed by atoms with van der Waals surface area (Å²) in [5.74, 6) is -0.281. The predicted octanol–water partition coefficient (Wildman–Crippen LogP) is 3.45. The minimum atomic E-state index is -3.79. The quantitative estimate of drug-likeness (QED) is 0.699. The molecule has 152 valence electrons. The van der Waals surface area contributed by atoms with Gasteiger partial charge >= 0.3 is 0 Å². The van der Waals surface area contributed by atoms with E-state index < -0.39 is 10.0 Å². The van der Waals surface area contributed by atoms with E-state index in [4.69, 9.17) is 0 Å². The van der Waals surface area contributed by atoms with Crippen molar-refractivity contribution >= 4 is 15.9 Å². The average Bonchev–Trinajstić information content (AvgIpc) is 2.67. The molecule has 0 radical (unpaired) electrons. The van der Waals surface area contributed by atoms with E-state index in [2.05, 4.69) is 5.32 Å². The minimum Gasteiger partial charge on any atom is -0.353 e. The Morgan fingerprint density at radius 2 is 1.79 bits per heavy atom. The molecule has 0 unspecified atom stereocenters. The summed E-state index contributed by atoms with van der Waals surface area (Å²) in [7, 11) is -3.79. The molecule has 0 heterocycles. The second-order valence-electron chi connectivity index (χ2n) is 7.22. The van der Waals surface area contributed by atoms with Gasteiger partial charge in [0.05, 0.1) is 11.4 Å². The normalized spacial score (nSPS) is 12.8. The molecule has 1 atom stereocenters. The molecule has 1 N–H and O–H groups in total. The monoisotopic (exact) mass is 402 g/mol. The lowest BCUT2D eigenvalue weighted by atomic mass is 10.1. The molecule has 0 fully saturated rings. The molecular weight excluding hydrogens is 372 g/mol. The zero-order valence-electron chi connectivity index (χ0n) is 17.1. The van der Waals surface area contributed by atoms with E-state index in [9.17, 15) is 13.2 Å². The largest absolute Gasteiger partial charge is 0.353 e. The maximum Gasteiger partial charge on any atom is 0.243 e. The number of benzene rings is 2. The Kier molecular flexibility index (Phi) is 7.78. The highest BCUT2D eigenvalue weighted by atomic mass is 32.2. The van der Waals surface area contributed by atoms with Crippen LogP contribution in [0.4, 0.5) is 0 Å². The fraction of sp³-hybridized carbons (Fsp3) is 0.409. The fourth-order valence-electron chi connectivity index (χ4n) is 2.89. The van der Waals surface area contributed by atoms with Gasteiger partial charge in [-0.15, -0.1) is 0 Å². The van der Waals surface area contributed by atoms with Crippen molar-refractivity contribution in [3.8, 4) is 0 Å². The standard InChI is InChI=1S/C22H30N2O3S/c1-5-19(4)23-22(25)16-24(14-13-20-9-7-6-8-10-20)28(26,27)21-15-17(2)11-12-18(21)3/h6-12,15,19H,5,13-14,16H2,1-4H3,(H,23,25)/t19-/m1/s1. The van der Waals surface area contributed by atoms with E-state index in [1.165, 1.54) is 4.31 Å². The van der Waals surface area contributed by atoms with Crippen LogP contribution >= 0.6 is 0 Å². The van der Waals surface area contributed by atoms with Crippen LogP contribution < -0.4 is 5.32 Å². The van der Waals surface area contributed by atoms with Crippen molar-refractivity contribution in [2.24, 2.45) is 0 Å². The number of nitrogens with one attached hydrogen (secondary N) is 1. The Bertz CT molecular complexity index is 895. The van der Waals surface area contributed by atoms with Gasteiger partial charge in [0.1, 0.15) is 0 Å². The Morgan fingerprint density at radius 1 is 1.11 bits per heavy atom. The average molecular weight is 403 g/mol. The van der Waals surface area contributed by atoms with Crippen molar-refractivity contribution in [2.75, 3.05) is 13.1 Å². The molecule has 2 rings (SSSR count). The second kappa shape index (κ2) is 9.85. The van der Waals surface area contributed by atoms with Crippen LogP contribution in [0.1, 0.15) is 37.0 Å². The van der Waals surface area contributed by atoms with Gasteiger partial charge in [-0.05, 0) is 56.4 Å². The number of carbonyl (C=O) groups excluding carboxylic acids is 1. The van der Waals surface area contributed by atoms with Gasteiger partial charge in [-0.3, -0.25) is 4.79 Å². The van der Waals surface area contributed by atoms with Crippen LogP contribution in [0.15, 0.2) is 53.4 Å². The molecule has 6 heteroatoms. The van der Waals surface area contributed by atoms with Gasteiger partial charge < -0.3 is 5.32 Å². The molecule has 0 aromatic heterocycles. The number of aryl methyl sites for hydroxylation is 2. The van der Waals surface area contributed by atoms with Gasteiger partial charge in [0.25, 0.3) is 0 Å². The maximum atomic E-state index is 13.4. The van der Waals surface area contributed by atoms with Crippen LogP contribution in [0.5, 0.6) is 0 Å². The van der Waals surface area contributed by atoms with Gasteiger partial charge in [-0.25, -0.2) is 8.42 Å². The van der Waals surface area contributed by atoms with E-state index in [0.29, 0.717) is 12.0 Å². The van der Waals surface area contributed by atoms with Gasteiger partial charge in [0.15, 0.2) is 0 Å². The third-order valence-electron chi connectivity index (χ3n) is 4.79. The summed E-state index contributed by atoms with van der Waals surface area (Å²) in [6.07, 6.45) is 1.33. The number of sulfonamides is 1. The highest BCUT2D eigenvalue weighted by Crippen LogP contribution is 2.21. The smallest absolute Gasteiger partial charge is 0.243 e. The van der Waals surface area contributed by atoms with Gasteiger partial charge in [-0.1, -0.05) is 49.4 Å². The molecule has 0 spiro atoms. The number of hydrogen-bond acceptors (Lipinski definition) is 3. The maximum absolute atomic E-state index is 13.4. The summed E-state index contributed by atoms with van der Waals surface area (Å²) in [6, 6.07) is 15.1. The Hall–Kier alpha value is -2.18. The van der Waals surface area contributed by atoms with Crippen molar-refractivity contribution in [3.63, 3.8) is 0 Å². The van der Waals surface area contributed by atoms with Crippen molar-refractivity contribution in [1.82, 2.24) is 9.62 Å². The van der Waals surface area contributed by atoms with Crippen LogP contribution in [-0.4, -0.2) is 37.8 Å². The second-order valence-corrected chi connectivity index (χ2v) is 9.13. The summed E-state index contributed by atoms with van der Waals surface area (Å²) >= 11 is 0. The molecule has 5 nitrogen and oxygen atoms in total. The van der Waals surface area contributed by atoms with E-state index in [0.717, 1.165) is 17.5 Å². The van der Waals surface area contributed by atoms with E-state index in [1.54, 1.807) is 19.1 Å². The van der Waals surface area contributed by atoms with Crippen molar-refractivity contribution in [1.29, 1.82) is 0 Å². The first-order chi connectivity index (χ1) is 13.2. The van der Waals surface area contributed by atoms with Crippen molar-refractivity contribution in [2.45, 2.75) is 51.5 Å². The van der Waals surface area contributed by atoms with Gasteiger partial charge in [0.2, 0.25) is 15.9 Å². The Balaban J connectivity index is 2.30. The van der Waals surface area contributed by atoms with Gasteiger partial charge in [-0.2, -0.15) is 4.31 Å². The zero-order valence-corrected chi connectivity index (χ0v) is 17.9. The molecule has 1 amide bonds. The van der Waals surface area contributed by atoms with Crippen LogP contribution in [0.2, 0.25) is 0 Å². The molecule has 0 aliphatic rings. The number of rotatable bonds is 9. The summed E-state index contributed by atoms with van der Waals surface area (Å²) in [5, 5.41) is 2.86. The molecule has 28 heavy (non-hydrogen) atoms. The van der Waals surface area contributed by atoms with Crippen LogP contribution in [0, 0.1) is 13.8 Å². The first-order valence-corrected chi connectivity index (χ1v) is 11.1. The summed E-state index contributed by atoms with van der Waals surface area (Å²) in [4.78, 5) is 12.7. The minimum absolute atomic E-state index is 0.00637. The lowest BCUT2D eigenvalue weighted by Gasteiger charge is -2.24. The third-order valence-corrected chi connectivity index (χ3v) is 6.78. The fourth-order valence-corrected chi connectivity index (χ4v) is 4.60. The highest BCUT2D eigenvalue weighted by molar-refractivity contribution is 7.89. The lowest BCUT2D eigenvalue weighted by Crippen LogP contribution is -2.44. The highest BCUT2D eigenvalue weighted by Gasteiger charge is 2.28. The summed E-state index contributed by atoms with van der Waals surface area (Å²) in [5.41, 5.74) is 2.58. The Morgan fingerprint density at radius 3 is 2.43 bits per heavy atom. The molecule has 0 bridgehead atoms. The lowest BCUT2D eigenvalue weighted by molar-refractivity contribution is -0.121. The molecule has 0 saturated heterocycles. The van der Waals surface area contributed by atoms with Gasteiger partial charge in [0, 0.05) is 12.6 Å². The van der Waals surface area contributed by atoms with Crippen LogP contribution in [0.25, 0.3) is 0 Å². The molecule has 0 aliphatic carbocycles. The number of hydrogen-bond donors (Lipinski definition) is 1. The van der Waals surface area contributed by atoms with E-state index in [-0.39, 0.29) is 29.9 Å². The first kappa shape index (κ1) is 22.1. The summed E-state index contributed by atoms with van der Waals surface area (Å²) in [6.45, 7) is 7.58.